The van der Waals surface area contributed by atoms with Crippen LogP contribution in [-0.2, 0) is 38.1 Å². The second kappa shape index (κ2) is 14.8. The zero-order valence-electron chi connectivity index (χ0n) is 17.4. The van der Waals surface area contributed by atoms with Crippen molar-refractivity contribution < 1.29 is 38.1 Å². The molecule has 8 nitrogen and oxygen atoms in total. The molecule has 0 atom stereocenters. The minimum atomic E-state index is -0.629. The van der Waals surface area contributed by atoms with E-state index in [1.165, 1.54) is 0 Å². The first-order valence-corrected chi connectivity index (χ1v) is 8.90. The lowest BCUT2D eigenvalue weighted by molar-refractivity contribution is -0.154. The molecule has 8 heteroatoms. The molecular formula is C19H32O8. The number of carbonyl (C=O) groups excluding carboxylic acids is 4. The molecule has 0 aliphatic heterocycles. The van der Waals surface area contributed by atoms with E-state index in [1.807, 2.05) is 20.8 Å². The van der Waals surface area contributed by atoms with Crippen molar-refractivity contribution in [3.05, 3.63) is 11.6 Å². The fraction of sp³-hybridized carbons (Fsp3) is 0.684. The van der Waals surface area contributed by atoms with Crippen LogP contribution < -0.4 is 0 Å². The third kappa shape index (κ3) is 15.6. The van der Waals surface area contributed by atoms with Gasteiger partial charge in [0, 0.05) is 0 Å². The van der Waals surface area contributed by atoms with Gasteiger partial charge in [0.05, 0.1) is 26.4 Å². The van der Waals surface area contributed by atoms with E-state index in [4.69, 9.17) is 9.47 Å². The Morgan fingerprint density at radius 3 is 1.26 bits per heavy atom. The maximum absolute atomic E-state index is 11.5. The molecule has 0 aliphatic carbocycles. The van der Waals surface area contributed by atoms with Crippen LogP contribution in [0.15, 0.2) is 11.6 Å². The SMILES string of the molecule is CCOC(=O)C(=CC(C)(C)C)C(=O)OCC.CCOC(=O)CC(=O)OCC. The molecule has 0 saturated heterocycles. The molecule has 0 radical (unpaired) electrons. The topological polar surface area (TPSA) is 105 Å². The number of hydrogen-bond donors (Lipinski definition) is 0. The first-order chi connectivity index (χ1) is 12.5. The zero-order chi connectivity index (χ0) is 21.5. The Kier molecular flexibility index (Phi) is 14.7. The summed E-state index contributed by atoms with van der Waals surface area (Å²) in [6, 6.07) is 0. The van der Waals surface area contributed by atoms with E-state index in [1.54, 1.807) is 33.8 Å². The van der Waals surface area contributed by atoms with Crippen molar-refractivity contribution in [1.82, 2.24) is 0 Å². The number of ether oxygens (including phenoxy) is 4. The van der Waals surface area contributed by atoms with Crippen molar-refractivity contribution in [1.29, 1.82) is 0 Å². The van der Waals surface area contributed by atoms with Crippen LogP contribution >= 0.6 is 0 Å². The van der Waals surface area contributed by atoms with Gasteiger partial charge in [0.15, 0.2) is 0 Å². The van der Waals surface area contributed by atoms with Crippen molar-refractivity contribution in [2.24, 2.45) is 5.41 Å². The van der Waals surface area contributed by atoms with E-state index in [2.05, 4.69) is 9.47 Å². The van der Waals surface area contributed by atoms with Crippen LogP contribution in [0.3, 0.4) is 0 Å². The van der Waals surface area contributed by atoms with E-state index in [-0.39, 0.29) is 43.8 Å². The molecule has 0 unspecified atom stereocenters. The minimum absolute atomic E-state index is 0.0313. The smallest absolute Gasteiger partial charge is 0.345 e. The van der Waals surface area contributed by atoms with Crippen LogP contribution in [0, 0.1) is 5.41 Å². The molecule has 0 amide bonds. The second-order valence-electron chi connectivity index (χ2n) is 6.15. The molecule has 0 heterocycles. The number of carbonyl (C=O) groups is 4. The van der Waals surface area contributed by atoms with Crippen LogP contribution in [-0.4, -0.2) is 50.3 Å². The fourth-order valence-corrected chi connectivity index (χ4v) is 1.59. The second-order valence-corrected chi connectivity index (χ2v) is 6.15. The van der Waals surface area contributed by atoms with Crippen molar-refractivity contribution in [2.45, 2.75) is 54.9 Å². The highest BCUT2D eigenvalue weighted by Crippen LogP contribution is 2.19. The van der Waals surface area contributed by atoms with E-state index < -0.39 is 23.9 Å². The first kappa shape index (κ1) is 26.8. The number of allylic oxidation sites excluding steroid dienone is 1. The average Bonchev–Trinajstić information content (AvgIpc) is 2.53. The molecule has 0 N–H and O–H groups in total. The van der Waals surface area contributed by atoms with Gasteiger partial charge in [-0.15, -0.1) is 0 Å². The van der Waals surface area contributed by atoms with Crippen molar-refractivity contribution in [3.63, 3.8) is 0 Å². The normalized spacial score (nSPS) is 9.89. The van der Waals surface area contributed by atoms with Crippen LogP contribution in [0.25, 0.3) is 0 Å². The van der Waals surface area contributed by atoms with Crippen molar-refractivity contribution >= 4 is 23.9 Å². The Labute approximate surface area is 161 Å². The summed E-state index contributed by atoms with van der Waals surface area (Å²) < 4.78 is 18.7. The van der Waals surface area contributed by atoms with Gasteiger partial charge in [0.25, 0.3) is 0 Å². The Morgan fingerprint density at radius 1 is 0.667 bits per heavy atom. The Balaban J connectivity index is 0. The minimum Gasteiger partial charge on any atom is -0.466 e. The molecule has 0 rings (SSSR count). The average molecular weight is 388 g/mol. The number of esters is 4. The highest BCUT2D eigenvalue weighted by Gasteiger charge is 2.23. The summed E-state index contributed by atoms with van der Waals surface area (Å²) in [4.78, 5) is 44.3. The van der Waals surface area contributed by atoms with E-state index in [0.717, 1.165) is 0 Å². The quantitative estimate of drug-likeness (QED) is 0.205. The molecule has 0 bridgehead atoms. The third-order valence-electron chi connectivity index (χ3n) is 2.47. The van der Waals surface area contributed by atoms with Crippen LogP contribution in [0.1, 0.15) is 54.9 Å². The van der Waals surface area contributed by atoms with Crippen LogP contribution in [0.4, 0.5) is 0 Å². The van der Waals surface area contributed by atoms with Gasteiger partial charge in [-0.2, -0.15) is 0 Å². The molecule has 0 aromatic heterocycles. The highest BCUT2D eigenvalue weighted by molar-refractivity contribution is 6.14. The molecule has 0 fully saturated rings. The predicted octanol–water partition coefficient (Wildman–Crippen LogP) is 2.59. The summed E-state index contributed by atoms with van der Waals surface area (Å²) in [6.45, 7) is 13.5. The van der Waals surface area contributed by atoms with Gasteiger partial charge in [-0.05, 0) is 33.1 Å². The Hall–Kier alpha value is -2.38. The molecular weight excluding hydrogens is 356 g/mol. The van der Waals surface area contributed by atoms with Gasteiger partial charge in [-0.3, -0.25) is 9.59 Å². The van der Waals surface area contributed by atoms with Gasteiger partial charge < -0.3 is 18.9 Å². The van der Waals surface area contributed by atoms with Gasteiger partial charge in [-0.1, -0.05) is 26.8 Å². The van der Waals surface area contributed by atoms with Crippen molar-refractivity contribution in [2.75, 3.05) is 26.4 Å². The number of hydrogen-bond acceptors (Lipinski definition) is 8. The summed E-state index contributed by atoms with van der Waals surface area (Å²) in [5.41, 5.74) is -0.314. The Bertz CT molecular complexity index is 478. The van der Waals surface area contributed by atoms with E-state index in [0.29, 0.717) is 0 Å². The summed E-state index contributed by atoms with van der Waals surface area (Å²) in [5.74, 6) is -2.33. The maximum atomic E-state index is 11.5. The highest BCUT2D eigenvalue weighted by atomic mass is 16.6. The molecule has 0 aromatic rings. The van der Waals surface area contributed by atoms with Crippen molar-refractivity contribution in [3.8, 4) is 0 Å². The lowest BCUT2D eigenvalue weighted by Gasteiger charge is -2.14. The molecule has 156 valence electrons. The first-order valence-electron chi connectivity index (χ1n) is 8.90. The third-order valence-corrected chi connectivity index (χ3v) is 2.47. The molecule has 0 aromatic carbocycles. The molecule has 0 aliphatic rings. The predicted molar refractivity (Wildman–Crippen MR) is 98.7 cm³/mol. The largest absolute Gasteiger partial charge is 0.466 e. The molecule has 0 spiro atoms. The maximum Gasteiger partial charge on any atom is 0.345 e. The summed E-state index contributed by atoms with van der Waals surface area (Å²) >= 11 is 0. The lowest BCUT2D eigenvalue weighted by Crippen LogP contribution is -2.20. The fourth-order valence-electron chi connectivity index (χ4n) is 1.59. The lowest BCUT2D eigenvalue weighted by atomic mass is 9.93. The molecule has 27 heavy (non-hydrogen) atoms. The van der Waals surface area contributed by atoms with E-state index in [9.17, 15) is 19.2 Å². The zero-order valence-corrected chi connectivity index (χ0v) is 17.4. The van der Waals surface area contributed by atoms with Gasteiger partial charge in [0.1, 0.15) is 12.0 Å². The summed E-state index contributed by atoms with van der Waals surface area (Å²) in [6.07, 6.45) is 1.28. The standard InChI is InChI=1S/C12H20O4.C7H12O4/c1-6-15-10(13)9(8-12(3,4)5)11(14)16-7-2;1-3-10-6(8)5-7(9)11-4-2/h8H,6-7H2,1-5H3;3-5H2,1-2H3. The number of rotatable bonds is 8. The van der Waals surface area contributed by atoms with Gasteiger partial charge in [-0.25, -0.2) is 9.59 Å². The summed E-state index contributed by atoms with van der Waals surface area (Å²) in [7, 11) is 0. The Morgan fingerprint density at radius 2 is 1.00 bits per heavy atom. The monoisotopic (exact) mass is 388 g/mol. The van der Waals surface area contributed by atoms with E-state index >= 15 is 0 Å². The summed E-state index contributed by atoms with van der Waals surface area (Å²) in [5, 5.41) is 0. The van der Waals surface area contributed by atoms with Gasteiger partial charge in [0.2, 0.25) is 0 Å². The van der Waals surface area contributed by atoms with Gasteiger partial charge >= 0.3 is 23.9 Å². The van der Waals surface area contributed by atoms with Crippen LogP contribution in [0.2, 0.25) is 0 Å². The molecule has 0 saturated carbocycles. The van der Waals surface area contributed by atoms with Crippen LogP contribution in [0.5, 0.6) is 0 Å².